The molecule has 0 saturated heterocycles. The number of amides is 1. The van der Waals surface area contributed by atoms with Crippen LogP contribution in [0.1, 0.15) is 37.0 Å². The standard InChI is InChI=1S/C16H24N2O4/c1-11(2)22-14-8-7-12(16(20)21-4)10-13(14)18-15(19)6-5-9-17-3/h7-8,10-11,17H,5-6,9H2,1-4H3,(H,18,19). The van der Waals surface area contributed by atoms with Crippen LogP contribution in [-0.2, 0) is 9.53 Å². The van der Waals surface area contributed by atoms with E-state index >= 15 is 0 Å². The minimum Gasteiger partial charge on any atom is -0.489 e. The fourth-order valence-electron chi connectivity index (χ4n) is 1.87. The van der Waals surface area contributed by atoms with Gasteiger partial charge in [-0.1, -0.05) is 0 Å². The highest BCUT2D eigenvalue weighted by atomic mass is 16.5. The third-order valence-corrected chi connectivity index (χ3v) is 2.87. The summed E-state index contributed by atoms with van der Waals surface area (Å²) in [7, 11) is 3.16. The molecule has 6 heteroatoms. The molecule has 0 aliphatic carbocycles. The average molecular weight is 308 g/mol. The average Bonchev–Trinajstić information content (AvgIpc) is 2.48. The Labute approximate surface area is 131 Å². The number of anilines is 1. The molecule has 0 spiro atoms. The lowest BCUT2D eigenvalue weighted by molar-refractivity contribution is -0.116. The van der Waals surface area contributed by atoms with Gasteiger partial charge < -0.3 is 20.1 Å². The lowest BCUT2D eigenvalue weighted by atomic mass is 10.1. The van der Waals surface area contributed by atoms with E-state index in [-0.39, 0.29) is 12.0 Å². The Bertz CT molecular complexity index is 515. The Hall–Kier alpha value is -2.08. The zero-order valence-corrected chi connectivity index (χ0v) is 13.6. The van der Waals surface area contributed by atoms with Crippen LogP contribution < -0.4 is 15.4 Å². The lowest BCUT2D eigenvalue weighted by Crippen LogP contribution is -2.17. The zero-order chi connectivity index (χ0) is 16.5. The number of hydrogen-bond donors (Lipinski definition) is 2. The Morgan fingerprint density at radius 2 is 2.00 bits per heavy atom. The van der Waals surface area contributed by atoms with E-state index in [9.17, 15) is 9.59 Å². The molecule has 1 amide bonds. The Kier molecular flexibility index (Phi) is 7.39. The maximum absolute atomic E-state index is 12.0. The first-order valence-electron chi connectivity index (χ1n) is 7.31. The van der Waals surface area contributed by atoms with E-state index in [0.29, 0.717) is 23.4 Å². The first-order chi connectivity index (χ1) is 10.5. The monoisotopic (exact) mass is 308 g/mol. The first-order valence-corrected chi connectivity index (χ1v) is 7.31. The van der Waals surface area contributed by atoms with Crippen molar-refractivity contribution in [2.75, 3.05) is 26.0 Å². The first kappa shape index (κ1) is 18.0. The second-order valence-electron chi connectivity index (χ2n) is 5.12. The van der Waals surface area contributed by atoms with Crippen molar-refractivity contribution in [2.45, 2.75) is 32.8 Å². The maximum Gasteiger partial charge on any atom is 0.337 e. The molecule has 1 rings (SSSR count). The van der Waals surface area contributed by atoms with Gasteiger partial charge in [0.2, 0.25) is 5.91 Å². The summed E-state index contributed by atoms with van der Waals surface area (Å²) in [6, 6.07) is 4.84. The van der Waals surface area contributed by atoms with Gasteiger partial charge in [-0.05, 0) is 52.1 Å². The molecular formula is C16H24N2O4. The number of rotatable bonds is 8. The SMILES string of the molecule is CNCCCC(=O)Nc1cc(C(=O)OC)ccc1OC(C)C. The molecule has 0 bridgehead atoms. The molecule has 22 heavy (non-hydrogen) atoms. The summed E-state index contributed by atoms with van der Waals surface area (Å²) in [5, 5.41) is 5.78. The van der Waals surface area contributed by atoms with E-state index in [1.165, 1.54) is 7.11 Å². The number of nitrogens with one attached hydrogen (secondary N) is 2. The fraction of sp³-hybridized carbons (Fsp3) is 0.500. The Morgan fingerprint density at radius 1 is 1.27 bits per heavy atom. The highest BCUT2D eigenvalue weighted by Crippen LogP contribution is 2.27. The summed E-state index contributed by atoms with van der Waals surface area (Å²) in [5.41, 5.74) is 0.843. The van der Waals surface area contributed by atoms with Crippen LogP contribution in [0.15, 0.2) is 18.2 Å². The quantitative estimate of drug-likeness (QED) is 0.569. The van der Waals surface area contributed by atoms with Gasteiger partial charge >= 0.3 is 5.97 Å². The smallest absolute Gasteiger partial charge is 0.337 e. The number of benzene rings is 1. The minimum atomic E-state index is -0.457. The summed E-state index contributed by atoms with van der Waals surface area (Å²) in [4.78, 5) is 23.6. The van der Waals surface area contributed by atoms with Gasteiger partial charge in [0.1, 0.15) is 5.75 Å². The van der Waals surface area contributed by atoms with Gasteiger partial charge in [-0.15, -0.1) is 0 Å². The van der Waals surface area contributed by atoms with Gasteiger partial charge in [0.25, 0.3) is 0 Å². The molecule has 0 radical (unpaired) electrons. The number of ether oxygens (including phenoxy) is 2. The molecule has 0 aliphatic heterocycles. The molecule has 0 heterocycles. The van der Waals surface area contributed by atoms with Crippen LogP contribution in [0.4, 0.5) is 5.69 Å². The van der Waals surface area contributed by atoms with Crippen molar-refractivity contribution < 1.29 is 19.1 Å². The lowest BCUT2D eigenvalue weighted by Gasteiger charge is -2.16. The molecular weight excluding hydrogens is 284 g/mol. The number of carbonyl (C=O) groups is 2. The molecule has 0 saturated carbocycles. The fourth-order valence-corrected chi connectivity index (χ4v) is 1.87. The van der Waals surface area contributed by atoms with Crippen LogP contribution in [0.2, 0.25) is 0 Å². The molecule has 1 aromatic carbocycles. The predicted octanol–water partition coefficient (Wildman–Crippen LogP) is 2.20. The molecule has 2 N–H and O–H groups in total. The molecule has 0 fully saturated rings. The summed E-state index contributed by atoms with van der Waals surface area (Å²) < 4.78 is 10.4. The van der Waals surface area contributed by atoms with Gasteiger partial charge in [0, 0.05) is 6.42 Å². The highest BCUT2D eigenvalue weighted by molar-refractivity contribution is 5.96. The molecule has 0 unspecified atom stereocenters. The van der Waals surface area contributed by atoms with E-state index in [2.05, 4.69) is 10.6 Å². The van der Waals surface area contributed by atoms with Crippen LogP contribution in [0.5, 0.6) is 5.75 Å². The van der Waals surface area contributed by atoms with Crippen molar-refractivity contribution in [3.05, 3.63) is 23.8 Å². The van der Waals surface area contributed by atoms with Crippen molar-refractivity contribution >= 4 is 17.6 Å². The van der Waals surface area contributed by atoms with Crippen molar-refractivity contribution in [3.8, 4) is 5.75 Å². The third kappa shape index (κ3) is 5.73. The normalized spacial score (nSPS) is 10.4. The highest BCUT2D eigenvalue weighted by Gasteiger charge is 2.14. The van der Waals surface area contributed by atoms with Gasteiger partial charge in [-0.2, -0.15) is 0 Å². The van der Waals surface area contributed by atoms with Crippen molar-refractivity contribution in [1.29, 1.82) is 0 Å². The van der Waals surface area contributed by atoms with Crippen LogP contribution in [-0.4, -0.2) is 38.7 Å². The van der Waals surface area contributed by atoms with Crippen molar-refractivity contribution in [2.24, 2.45) is 0 Å². The summed E-state index contributed by atoms with van der Waals surface area (Å²) in [6.07, 6.45) is 1.09. The Morgan fingerprint density at radius 3 is 2.59 bits per heavy atom. The van der Waals surface area contributed by atoms with E-state index in [1.807, 2.05) is 20.9 Å². The summed E-state index contributed by atoms with van der Waals surface area (Å²) in [6.45, 7) is 4.56. The van der Waals surface area contributed by atoms with Gasteiger partial charge in [-0.25, -0.2) is 4.79 Å². The molecule has 1 aromatic rings. The second kappa shape index (κ2) is 9.04. The van der Waals surface area contributed by atoms with E-state index in [1.54, 1.807) is 18.2 Å². The second-order valence-corrected chi connectivity index (χ2v) is 5.12. The van der Waals surface area contributed by atoms with Crippen LogP contribution in [0.3, 0.4) is 0 Å². The van der Waals surface area contributed by atoms with E-state index in [0.717, 1.165) is 13.0 Å². The summed E-state index contributed by atoms with van der Waals surface area (Å²) >= 11 is 0. The Balaban J connectivity index is 2.90. The van der Waals surface area contributed by atoms with Gasteiger partial charge in [-0.3, -0.25) is 4.79 Å². The van der Waals surface area contributed by atoms with Crippen LogP contribution in [0, 0.1) is 0 Å². The third-order valence-electron chi connectivity index (χ3n) is 2.87. The van der Waals surface area contributed by atoms with Gasteiger partial charge in [0.15, 0.2) is 0 Å². The number of methoxy groups -OCH3 is 1. The molecule has 0 atom stereocenters. The zero-order valence-electron chi connectivity index (χ0n) is 13.6. The number of esters is 1. The van der Waals surface area contributed by atoms with Gasteiger partial charge in [0.05, 0.1) is 24.5 Å². The maximum atomic E-state index is 12.0. The van der Waals surface area contributed by atoms with Crippen molar-refractivity contribution in [1.82, 2.24) is 5.32 Å². The topological polar surface area (TPSA) is 76.7 Å². The van der Waals surface area contributed by atoms with Crippen LogP contribution in [0.25, 0.3) is 0 Å². The number of carbonyl (C=O) groups excluding carboxylic acids is 2. The largest absolute Gasteiger partial charge is 0.489 e. The van der Waals surface area contributed by atoms with Crippen molar-refractivity contribution in [3.63, 3.8) is 0 Å². The molecule has 0 aliphatic rings. The summed E-state index contributed by atoms with van der Waals surface area (Å²) in [5.74, 6) is -0.0442. The van der Waals surface area contributed by atoms with E-state index < -0.39 is 5.97 Å². The van der Waals surface area contributed by atoms with E-state index in [4.69, 9.17) is 9.47 Å². The predicted molar refractivity (Wildman–Crippen MR) is 85.3 cm³/mol. The minimum absolute atomic E-state index is 0.0380. The molecule has 0 aromatic heterocycles. The molecule has 6 nitrogen and oxygen atoms in total. The van der Waals surface area contributed by atoms with Crippen LogP contribution >= 0.6 is 0 Å². The molecule has 122 valence electrons. The number of hydrogen-bond acceptors (Lipinski definition) is 5.